The molecular formula is C18H20ClN5O4S2. The van der Waals surface area contributed by atoms with Gasteiger partial charge in [0.1, 0.15) is 16.4 Å². The van der Waals surface area contributed by atoms with Crippen molar-refractivity contribution >= 4 is 50.7 Å². The Kier molecular flexibility index (Phi) is 5.87. The number of benzene rings is 1. The third-order valence-corrected chi connectivity index (χ3v) is 7.64. The number of halogens is 1. The molecule has 0 unspecified atom stereocenters. The highest BCUT2D eigenvalue weighted by Crippen LogP contribution is 2.40. The molecule has 0 aliphatic carbocycles. The zero-order valence-electron chi connectivity index (χ0n) is 16.1. The minimum atomic E-state index is -3.91. The molecule has 3 N–H and O–H groups in total. The van der Waals surface area contributed by atoms with Crippen molar-refractivity contribution in [3.05, 3.63) is 40.8 Å². The van der Waals surface area contributed by atoms with Crippen molar-refractivity contribution in [2.24, 2.45) is 0 Å². The summed E-state index contributed by atoms with van der Waals surface area (Å²) in [6, 6.07) is 6.66. The van der Waals surface area contributed by atoms with Gasteiger partial charge in [-0.05, 0) is 44.0 Å². The molecule has 0 spiro atoms. The molecule has 1 aliphatic heterocycles. The second kappa shape index (κ2) is 8.42. The van der Waals surface area contributed by atoms with Crippen LogP contribution in [0.5, 0.6) is 5.75 Å². The Morgan fingerprint density at radius 1 is 1.20 bits per heavy atom. The van der Waals surface area contributed by atoms with E-state index in [0.717, 1.165) is 36.1 Å². The van der Waals surface area contributed by atoms with E-state index in [1.54, 1.807) is 0 Å². The van der Waals surface area contributed by atoms with Crippen LogP contribution in [0.3, 0.4) is 0 Å². The van der Waals surface area contributed by atoms with Crippen LogP contribution in [0, 0.1) is 6.92 Å². The van der Waals surface area contributed by atoms with Gasteiger partial charge in [-0.15, -0.1) is 0 Å². The molecule has 4 rings (SSSR count). The van der Waals surface area contributed by atoms with E-state index in [1.807, 2.05) is 19.1 Å². The van der Waals surface area contributed by atoms with Crippen molar-refractivity contribution in [1.82, 2.24) is 13.1 Å². The number of hydrogen-bond donors (Lipinski definition) is 3. The molecule has 0 radical (unpaired) electrons. The average Bonchev–Trinajstić information content (AvgIpc) is 3.45. The maximum absolute atomic E-state index is 13.0. The first kappa shape index (κ1) is 20.9. The summed E-state index contributed by atoms with van der Waals surface area (Å²) < 4.78 is 41.2. The maximum Gasteiger partial charge on any atom is 0.248 e. The topological polar surface area (TPSA) is 121 Å². The van der Waals surface area contributed by atoms with Crippen molar-refractivity contribution in [2.75, 3.05) is 23.7 Å². The molecule has 1 aliphatic rings. The highest BCUT2D eigenvalue weighted by Gasteiger charge is 2.33. The molecule has 0 atom stereocenters. The van der Waals surface area contributed by atoms with Gasteiger partial charge in [0.15, 0.2) is 17.4 Å². The zero-order chi connectivity index (χ0) is 21.3. The first-order valence-corrected chi connectivity index (χ1v) is 11.8. The van der Waals surface area contributed by atoms with Gasteiger partial charge in [-0.2, -0.15) is 13.1 Å². The number of phenolic OH excluding ortho intramolecular Hbond substituents is 1. The molecule has 3 heterocycles. The van der Waals surface area contributed by atoms with E-state index in [9.17, 15) is 13.5 Å². The summed E-state index contributed by atoms with van der Waals surface area (Å²) >= 11 is 7.13. The van der Waals surface area contributed by atoms with Gasteiger partial charge < -0.3 is 20.2 Å². The molecule has 9 nitrogen and oxygen atoms in total. The average molecular weight is 470 g/mol. The first-order chi connectivity index (χ1) is 14.4. The number of anilines is 3. The third kappa shape index (κ3) is 4.10. The quantitative estimate of drug-likeness (QED) is 0.445. The molecule has 2 aromatic heterocycles. The van der Waals surface area contributed by atoms with Gasteiger partial charge in [0.2, 0.25) is 10.0 Å². The summed E-state index contributed by atoms with van der Waals surface area (Å²) in [6.07, 6.45) is 1.56. The summed E-state index contributed by atoms with van der Waals surface area (Å²) in [7, 11) is -3.91. The molecule has 3 aromatic rings. The largest absolute Gasteiger partial charge is 0.504 e. The van der Waals surface area contributed by atoms with E-state index in [-0.39, 0.29) is 15.6 Å². The Morgan fingerprint density at radius 3 is 2.63 bits per heavy atom. The summed E-state index contributed by atoms with van der Waals surface area (Å²) in [6.45, 7) is 3.07. The van der Waals surface area contributed by atoms with Crippen LogP contribution in [-0.2, 0) is 16.6 Å². The van der Waals surface area contributed by atoms with Gasteiger partial charge in [-0.1, -0.05) is 11.6 Å². The fourth-order valence-electron chi connectivity index (χ4n) is 3.22. The maximum atomic E-state index is 13.0. The molecule has 0 saturated carbocycles. The predicted octanol–water partition coefficient (Wildman–Crippen LogP) is 3.94. The van der Waals surface area contributed by atoms with Crippen LogP contribution in [-0.4, -0.2) is 39.7 Å². The van der Waals surface area contributed by atoms with Crippen molar-refractivity contribution in [1.29, 1.82) is 0 Å². The zero-order valence-corrected chi connectivity index (χ0v) is 18.4. The number of aromatic nitrogens is 2. The van der Waals surface area contributed by atoms with Crippen LogP contribution in [0.25, 0.3) is 0 Å². The Morgan fingerprint density at radius 2 is 1.93 bits per heavy atom. The SMILES string of the molecule is Cc1ccc(CNc2nsnc2Nc2ccc(Cl)c(S(=O)(=O)N3CCCC3)c2O)o1. The van der Waals surface area contributed by atoms with Gasteiger partial charge in [0, 0.05) is 13.1 Å². The Labute approximate surface area is 183 Å². The van der Waals surface area contributed by atoms with Crippen molar-refractivity contribution < 1.29 is 17.9 Å². The summed E-state index contributed by atoms with van der Waals surface area (Å²) in [5.74, 6) is 1.90. The molecule has 0 amide bonds. The van der Waals surface area contributed by atoms with Gasteiger partial charge in [0.05, 0.1) is 29.0 Å². The highest BCUT2D eigenvalue weighted by molar-refractivity contribution is 7.89. The van der Waals surface area contributed by atoms with E-state index in [2.05, 4.69) is 19.4 Å². The molecule has 1 aromatic carbocycles. The lowest BCUT2D eigenvalue weighted by atomic mass is 10.3. The Hall–Kier alpha value is -2.34. The smallest absolute Gasteiger partial charge is 0.248 e. The number of sulfonamides is 1. The summed E-state index contributed by atoms with van der Waals surface area (Å²) in [5.41, 5.74) is 0.168. The van der Waals surface area contributed by atoms with Crippen LogP contribution in [0.15, 0.2) is 33.6 Å². The number of rotatable bonds is 7. The van der Waals surface area contributed by atoms with Gasteiger partial charge in [-0.3, -0.25) is 0 Å². The third-order valence-electron chi connectivity index (χ3n) is 4.71. The number of hydrogen-bond acceptors (Lipinski definition) is 9. The molecule has 1 fully saturated rings. The van der Waals surface area contributed by atoms with E-state index in [0.29, 0.717) is 31.3 Å². The predicted molar refractivity (Wildman–Crippen MR) is 115 cm³/mol. The van der Waals surface area contributed by atoms with E-state index in [1.165, 1.54) is 16.4 Å². The van der Waals surface area contributed by atoms with Crippen LogP contribution in [0.4, 0.5) is 17.3 Å². The summed E-state index contributed by atoms with van der Waals surface area (Å²) in [4.78, 5) is -0.306. The minimum absolute atomic E-state index is 0.0344. The van der Waals surface area contributed by atoms with E-state index in [4.69, 9.17) is 16.0 Å². The normalized spacial score (nSPS) is 14.9. The Bertz CT molecular complexity index is 1160. The second-order valence-corrected chi connectivity index (χ2v) is 9.65. The number of furan rings is 1. The van der Waals surface area contributed by atoms with Crippen LogP contribution in [0.1, 0.15) is 24.4 Å². The number of nitrogens with zero attached hydrogens (tertiary/aromatic N) is 3. The standard InChI is InChI=1S/C18H20ClN5O4S2/c1-11-4-5-12(28-11)10-20-17-18(23-29-22-17)21-14-7-6-13(19)16(15(14)25)30(26,27)24-8-2-3-9-24/h4-7,25H,2-3,8-10H2,1H3,(H,20,22)(H,21,23). The van der Waals surface area contributed by atoms with Crippen molar-refractivity contribution in [2.45, 2.75) is 31.2 Å². The fourth-order valence-corrected chi connectivity index (χ4v) is 5.81. The number of nitrogens with one attached hydrogen (secondary N) is 2. The molecule has 12 heteroatoms. The van der Waals surface area contributed by atoms with Gasteiger partial charge in [-0.25, -0.2) is 8.42 Å². The number of aryl methyl sites for hydroxylation is 1. The molecule has 30 heavy (non-hydrogen) atoms. The van der Waals surface area contributed by atoms with Crippen LogP contribution >= 0.6 is 23.3 Å². The van der Waals surface area contributed by atoms with Crippen molar-refractivity contribution in [3.8, 4) is 5.75 Å². The van der Waals surface area contributed by atoms with E-state index >= 15 is 0 Å². The molecule has 1 saturated heterocycles. The highest BCUT2D eigenvalue weighted by atomic mass is 35.5. The lowest BCUT2D eigenvalue weighted by Crippen LogP contribution is -2.28. The van der Waals surface area contributed by atoms with Gasteiger partial charge in [0.25, 0.3) is 0 Å². The minimum Gasteiger partial charge on any atom is -0.504 e. The lowest BCUT2D eigenvalue weighted by molar-refractivity contribution is 0.445. The van der Waals surface area contributed by atoms with Gasteiger partial charge >= 0.3 is 0 Å². The summed E-state index contributed by atoms with van der Waals surface area (Å²) in [5, 5.41) is 16.8. The first-order valence-electron chi connectivity index (χ1n) is 9.26. The van der Waals surface area contributed by atoms with Crippen molar-refractivity contribution in [3.63, 3.8) is 0 Å². The molecule has 160 valence electrons. The van der Waals surface area contributed by atoms with Crippen LogP contribution in [0.2, 0.25) is 5.02 Å². The van der Waals surface area contributed by atoms with Crippen LogP contribution < -0.4 is 10.6 Å². The molecular weight excluding hydrogens is 450 g/mol. The number of aromatic hydroxyl groups is 1. The fraction of sp³-hybridized carbons (Fsp3) is 0.333. The number of phenols is 1. The van der Waals surface area contributed by atoms with E-state index < -0.39 is 15.8 Å². The second-order valence-electron chi connectivity index (χ2n) is 6.84. The lowest BCUT2D eigenvalue weighted by Gasteiger charge is -2.19. The monoisotopic (exact) mass is 469 g/mol. The Balaban J connectivity index is 1.58. The molecule has 0 bridgehead atoms.